The molecule has 0 atom stereocenters. The van der Waals surface area contributed by atoms with Crippen LogP contribution in [0.2, 0.25) is 0 Å². The maximum absolute atomic E-state index is 3.19. The van der Waals surface area contributed by atoms with Crippen molar-refractivity contribution in [1.29, 1.82) is 0 Å². The lowest BCUT2D eigenvalue weighted by Gasteiger charge is -1.98. The Labute approximate surface area is 102 Å². The first kappa shape index (κ1) is 9.93. The normalized spacial score (nSPS) is 11.8. The van der Waals surface area contributed by atoms with E-state index in [1.54, 1.807) is 0 Å². The average Bonchev–Trinajstić information content (AvgIpc) is 2.85. The molecule has 0 nitrogen and oxygen atoms in total. The van der Waals surface area contributed by atoms with Crippen LogP contribution in [0, 0.1) is 18.3 Å². The maximum atomic E-state index is 3.19. The summed E-state index contributed by atoms with van der Waals surface area (Å²) in [7, 11) is 0. The lowest BCUT2D eigenvalue weighted by atomic mass is 10.1. The predicted octanol–water partition coefficient (Wildman–Crippen LogP) is 3.67. The van der Waals surface area contributed by atoms with Crippen molar-refractivity contribution in [1.82, 2.24) is 0 Å². The molecule has 0 amide bonds. The summed E-state index contributed by atoms with van der Waals surface area (Å²) in [6.07, 6.45) is 6.30. The number of allylic oxidation sites excluding steroid dienone is 1. The standard InChI is InChI=1S/C17H11/c1-2-5-14(6-3-1)9-10-15-11-12-16-7-4-8-17(16)13-15/h1-8,11-13H. The molecular weight excluding hydrogens is 204 g/mol. The molecule has 0 bridgehead atoms. The van der Waals surface area contributed by atoms with E-state index >= 15 is 0 Å². The van der Waals surface area contributed by atoms with Gasteiger partial charge in [0.1, 0.15) is 0 Å². The molecule has 3 rings (SSSR count). The molecule has 0 aromatic heterocycles. The molecule has 0 fully saturated rings. The number of benzene rings is 2. The second-order valence-electron chi connectivity index (χ2n) is 3.99. The second kappa shape index (κ2) is 4.31. The van der Waals surface area contributed by atoms with Crippen LogP contribution in [0.4, 0.5) is 0 Å². The van der Waals surface area contributed by atoms with E-state index in [0.717, 1.165) is 11.1 Å². The van der Waals surface area contributed by atoms with Crippen molar-refractivity contribution >= 4 is 6.08 Å². The van der Waals surface area contributed by atoms with Crippen molar-refractivity contribution < 1.29 is 0 Å². The van der Waals surface area contributed by atoms with E-state index in [1.165, 1.54) is 11.1 Å². The fraction of sp³-hybridized carbons (Fsp3) is 0. The van der Waals surface area contributed by atoms with Gasteiger partial charge in [-0.3, -0.25) is 0 Å². The lowest BCUT2D eigenvalue weighted by molar-refractivity contribution is 1.52. The first-order chi connectivity index (χ1) is 8.42. The third-order valence-corrected chi connectivity index (χ3v) is 2.76. The Morgan fingerprint density at radius 2 is 1.53 bits per heavy atom. The Balaban J connectivity index is 1.92. The quantitative estimate of drug-likeness (QED) is 0.588. The van der Waals surface area contributed by atoms with Crippen LogP contribution in [0.3, 0.4) is 0 Å². The minimum absolute atomic E-state index is 1.05. The van der Waals surface area contributed by atoms with Gasteiger partial charge in [-0.05, 0) is 35.4 Å². The van der Waals surface area contributed by atoms with Crippen LogP contribution in [0.15, 0.2) is 54.6 Å². The molecule has 0 N–H and O–H groups in total. The predicted molar refractivity (Wildman–Crippen MR) is 71.3 cm³/mol. The van der Waals surface area contributed by atoms with E-state index in [9.17, 15) is 0 Å². The van der Waals surface area contributed by atoms with Crippen LogP contribution >= 0.6 is 0 Å². The number of fused-ring (bicyclic) bond motifs is 1. The van der Waals surface area contributed by atoms with Gasteiger partial charge >= 0.3 is 0 Å². The van der Waals surface area contributed by atoms with Gasteiger partial charge in [0.15, 0.2) is 0 Å². The summed E-state index contributed by atoms with van der Waals surface area (Å²) in [4.78, 5) is 0. The van der Waals surface area contributed by atoms with Gasteiger partial charge in [0.25, 0.3) is 0 Å². The third kappa shape index (κ3) is 2.14. The summed E-state index contributed by atoms with van der Waals surface area (Å²) in [6, 6.07) is 16.4. The van der Waals surface area contributed by atoms with E-state index < -0.39 is 0 Å². The van der Waals surface area contributed by atoms with Crippen molar-refractivity contribution in [2.75, 3.05) is 0 Å². The van der Waals surface area contributed by atoms with Crippen molar-refractivity contribution in [3.05, 3.63) is 83.3 Å². The Morgan fingerprint density at radius 1 is 0.706 bits per heavy atom. The van der Waals surface area contributed by atoms with E-state index in [4.69, 9.17) is 0 Å². The first-order valence-corrected chi connectivity index (χ1v) is 5.64. The van der Waals surface area contributed by atoms with Crippen LogP contribution in [0.1, 0.15) is 22.3 Å². The van der Waals surface area contributed by atoms with Crippen LogP contribution in [-0.2, 0) is 0 Å². The van der Waals surface area contributed by atoms with Crippen LogP contribution in [-0.4, -0.2) is 0 Å². The van der Waals surface area contributed by atoms with Crippen molar-refractivity contribution in [3.8, 4) is 11.8 Å². The van der Waals surface area contributed by atoms with Gasteiger partial charge in [-0.2, -0.15) is 0 Å². The number of hydrogen-bond donors (Lipinski definition) is 0. The van der Waals surface area contributed by atoms with Crippen LogP contribution < -0.4 is 0 Å². The molecule has 79 valence electrons. The fourth-order valence-corrected chi connectivity index (χ4v) is 1.87. The Morgan fingerprint density at radius 3 is 2.41 bits per heavy atom. The van der Waals surface area contributed by atoms with Crippen molar-refractivity contribution in [3.63, 3.8) is 0 Å². The molecule has 1 aliphatic rings. The van der Waals surface area contributed by atoms with Gasteiger partial charge in [0, 0.05) is 17.5 Å². The van der Waals surface area contributed by atoms with Gasteiger partial charge < -0.3 is 0 Å². The topological polar surface area (TPSA) is 0 Å². The number of hydrogen-bond acceptors (Lipinski definition) is 0. The Hall–Kier alpha value is -2.26. The molecule has 0 aliphatic heterocycles. The van der Waals surface area contributed by atoms with E-state index in [-0.39, 0.29) is 0 Å². The summed E-state index contributed by atoms with van der Waals surface area (Å²) in [5, 5.41) is 0. The minimum Gasteiger partial charge on any atom is -0.0755 e. The summed E-state index contributed by atoms with van der Waals surface area (Å²) in [6.45, 7) is 0. The summed E-state index contributed by atoms with van der Waals surface area (Å²) >= 11 is 0. The van der Waals surface area contributed by atoms with E-state index in [0.29, 0.717) is 0 Å². The smallest absolute Gasteiger partial charge is 0.0255 e. The molecule has 0 saturated heterocycles. The highest BCUT2D eigenvalue weighted by molar-refractivity contribution is 5.66. The largest absolute Gasteiger partial charge is 0.0755 e. The van der Waals surface area contributed by atoms with Gasteiger partial charge in [-0.25, -0.2) is 0 Å². The van der Waals surface area contributed by atoms with Gasteiger partial charge in [0.05, 0.1) is 0 Å². The summed E-state index contributed by atoms with van der Waals surface area (Å²) < 4.78 is 0. The monoisotopic (exact) mass is 215 g/mol. The fourth-order valence-electron chi connectivity index (χ4n) is 1.87. The third-order valence-electron chi connectivity index (χ3n) is 2.76. The van der Waals surface area contributed by atoms with Gasteiger partial charge in [0.2, 0.25) is 0 Å². The Bertz CT molecular complexity index is 622. The molecule has 1 aliphatic carbocycles. The zero-order chi connectivity index (χ0) is 11.5. The van der Waals surface area contributed by atoms with E-state index in [1.807, 2.05) is 30.3 Å². The van der Waals surface area contributed by atoms with Crippen molar-refractivity contribution in [2.45, 2.75) is 0 Å². The average molecular weight is 215 g/mol. The van der Waals surface area contributed by atoms with Crippen LogP contribution in [0.25, 0.3) is 6.08 Å². The SMILES string of the molecule is C(#Cc1ccc2c(c1)C=C[CH]2)c1ccccc1. The lowest BCUT2D eigenvalue weighted by Crippen LogP contribution is -1.82. The molecule has 2 aromatic carbocycles. The molecule has 0 heteroatoms. The molecule has 0 unspecified atom stereocenters. The maximum Gasteiger partial charge on any atom is 0.0255 e. The zero-order valence-electron chi connectivity index (χ0n) is 9.35. The summed E-state index contributed by atoms with van der Waals surface area (Å²) in [5.74, 6) is 6.36. The minimum atomic E-state index is 1.05. The Kier molecular flexibility index (Phi) is 2.52. The highest BCUT2D eigenvalue weighted by atomic mass is 14.1. The van der Waals surface area contributed by atoms with Crippen LogP contribution in [0.5, 0.6) is 0 Å². The van der Waals surface area contributed by atoms with E-state index in [2.05, 4.69) is 48.6 Å². The van der Waals surface area contributed by atoms with Gasteiger partial charge in [-0.15, -0.1) is 0 Å². The second-order valence-corrected chi connectivity index (χ2v) is 3.99. The first-order valence-electron chi connectivity index (χ1n) is 5.64. The molecule has 0 saturated carbocycles. The zero-order valence-corrected chi connectivity index (χ0v) is 9.35. The molecule has 2 aromatic rings. The summed E-state index contributed by atoms with van der Waals surface area (Å²) in [5.41, 5.74) is 4.64. The molecule has 0 spiro atoms. The number of rotatable bonds is 0. The molecule has 0 heterocycles. The highest BCUT2D eigenvalue weighted by Gasteiger charge is 2.04. The molecule has 17 heavy (non-hydrogen) atoms. The molecule has 1 radical (unpaired) electrons. The van der Waals surface area contributed by atoms with Crippen molar-refractivity contribution in [2.24, 2.45) is 0 Å². The van der Waals surface area contributed by atoms with Gasteiger partial charge in [-0.1, -0.05) is 48.3 Å². The molecular formula is C17H11. The highest BCUT2D eigenvalue weighted by Crippen LogP contribution is 2.21.